The summed E-state index contributed by atoms with van der Waals surface area (Å²) in [6.07, 6.45) is 0.501. The summed E-state index contributed by atoms with van der Waals surface area (Å²) in [4.78, 5) is 13.3. The van der Waals surface area contributed by atoms with E-state index in [1.807, 2.05) is 0 Å². The smallest absolute Gasteiger partial charge is 0.264 e. The van der Waals surface area contributed by atoms with Crippen LogP contribution in [0.15, 0.2) is 101 Å². The van der Waals surface area contributed by atoms with E-state index in [0.29, 0.717) is 38.4 Å². The maximum Gasteiger partial charge on any atom is 0.264 e. The van der Waals surface area contributed by atoms with E-state index >= 15 is 0 Å². The molecule has 1 aliphatic heterocycles. The third-order valence-corrected chi connectivity index (χ3v) is 11.2. The second-order valence-electron chi connectivity index (χ2n) is 9.49. The lowest BCUT2D eigenvalue weighted by Gasteiger charge is -2.23. The van der Waals surface area contributed by atoms with Gasteiger partial charge in [0.15, 0.2) is 0 Å². The average Bonchev–Trinajstić information content (AvgIpc) is 3.38. The van der Waals surface area contributed by atoms with Crippen LogP contribution in [0, 0.1) is 0 Å². The summed E-state index contributed by atoms with van der Waals surface area (Å²) in [5, 5.41) is 3.86. The van der Waals surface area contributed by atoms with Gasteiger partial charge in [0, 0.05) is 33.8 Å². The number of benzene rings is 4. The third-order valence-electron chi connectivity index (χ3n) is 6.70. The lowest BCUT2D eigenvalue weighted by molar-refractivity contribution is -0.116. The van der Waals surface area contributed by atoms with Crippen molar-refractivity contribution in [2.24, 2.45) is 0 Å². The van der Waals surface area contributed by atoms with E-state index in [9.17, 15) is 21.6 Å². The summed E-state index contributed by atoms with van der Waals surface area (Å²) in [5.74, 6) is -0.621. The first kappa shape index (κ1) is 30.3. The van der Waals surface area contributed by atoms with Crippen molar-refractivity contribution in [1.29, 1.82) is 0 Å². The molecule has 5 rings (SSSR count). The van der Waals surface area contributed by atoms with Crippen LogP contribution < -0.4 is 9.62 Å². The number of amides is 1. The highest BCUT2D eigenvalue weighted by atomic mass is 35.5. The molecule has 0 fully saturated rings. The standard InChI is InChI=1S/C29H24Cl3N3O5S2/c30-22-6-11-25(12-7-22)41(37,38)34(18-21-3-1-2-4-27(21)32)19-29(36)33-24-10-5-20-15-16-35(28(20)17-24)42(39,40)26-13-8-23(31)9-14-26/h1-14,17H,15-16,18-19H2,(H,33,36). The van der Waals surface area contributed by atoms with Crippen molar-refractivity contribution in [3.05, 3.63) is 117 Å². The number of rotatable bonds is 9. The number of anilines is 2. The Hall–Kier alpha value is -3.12. The average molecular weight is 665 g/mol. The second-order valence-corrected chi connectivity index (χ2v) is 14.6. The van der Waals surface area contributed by atoms with E-state index < -0.39 is 32.5 Å². The molecule has 0 aromatic heterocycles. The molecule has 4 aromatic carbocycles. The summed E-state index contributed by atoms with van der Waals surface area (Å²) >= 11 is 18.2. The van der Waals surface area contributed by atoms with Crippen LogP contribution in [0.25, 0.3) is 0 Å². The SMILES string of the molecule is O=C(CN(Cc1ccccc1Cl)S(=O)(=O)c1ccc(Cl)cc1)Nc1ccc2c(c1)N(S(=O)(=O)c1ccc(Cl)cc1)CC2. The number of carbonyl (C=O) groups excluding carboxylic acids is 1. The van der Waals surface area contributed by atoms with Crippen molar-refractivity contribution in [3.63, 3.8) is 0 Å². The summed E-state index contributed by atoms with van der Waals surface area (Å²) < 4.78 is 56.2. The Kier molecular flexibility index (Phi) is 8.84. The molecule has 4 aromatic rings. The fraction of sp³-hybridized carbons (Fsp3) is 0.138. The lowest BCUT2D eigenvalue weighted by Crippen LogP contribution is -2.37. The van der Waals surface area contributed by atoms with Gasteiger partial charge in [0.25, 0.3) is 10.0 Å². The summed E-state index contributed by atoms with van der Waals surface area (Å²) in [7, 11) is -8.01. The molecule has 42 heavy (non-hydrogen) atoms. The maximum atomic E-state index is 13.6. The highest BCUT2D eigenvalue weighted by Gasteiger charge is 2.32. The molecule has 1 aliphatic rings. The predicted octanol–water partition coefficient (Wildman–Crippen LogP) is 6.23. The first-order valence-electron chi connectivity index (χ1n) is 12.7. The maximum absolute atomic E-state index is 13.6. The van der Waals surface area contributed by atoms with Crippen LogP contribution >= 0.6 is 34.8 Å². The molecule has 0 unspecified atom stereocenters. The molecule has 0 atom stereocenters. The van der Waals surface area contributed by atoms with E-state index in [0.717, 1.165) is 9.87 Å². The number of nitrogens with one attached hydrogen (secondary N) is 1. The van der Waals surface area contributed by atoms with Crippen LogP contribution in [0.1, 0.15) is 11.1 Å². The number of carbonyl (C=O) groups is 1. The van der Waals surface area contributed by atoms with Crippen LogP contribution in [0.3, 0.4) is 0 Å². The van der Waals surface area contributed by atoms with E-state index in [4.69, 9.17) is 34.8 Å². The Balaban J connectivity index is 1.40. The van der Waals surface area contributed by atoms with Gasteiger partial charge in [0.1, 0.15) is 0 Å². The minimum atomic E-state index is -4.13. The number of hydrogen-bond acceptors (Lipinski definition) is 5. The van der Waals surface area contributed by atoms with Gasteiger partial charge in [0.2, 0.25) is 15.9 Å². The van der Waals surface area contributed by atoms with Crippen molar-refractivity contribution in [2.45, 2.75) is 22.8 Å². The largest absolute Gasteiger partial charge is 0.325 e. The molecule has 0 saturated carbocycles. The minimum absolute atomic E-state index is 0.0349. The number of hydrogen-bond donors (Lipinski definition) is 1. The van der Waals surface area contributed by atoms with Gasteiger partial charge in [-0.1, -0.05) is 59.1 Å². The van der Waals surface area contributed by atoms with Gasteiger partial charge >= 0.3 is 0 Å². The lowest BCUT2D eigenvalue weighted by atomic mass is 10.1. The zero-order valence-electron chi connectivity index (χ0n) is 21.9. The highest BCUT2D eigenvalue weighted by Crippen LogP contribution is 2.35. The van der Waals surface area contributed by atoms with Gasteiger partial charge < -0.3 is 5.32 Å². The fourth-order valence-electron chi connectivity index (χ4n) is 4.57. The minimum Gasteiger partial charge on any atom is -0.325 e. The molecule has 0 aliphatic carbocycles. The number of sulfonamides is 2. The van der Waals surface area contributed by atoms with Crippen molar-refractivity contribution >= 4 is 72.1 Å². The Labute approximate surface area is 259 Å². The van der Waals surface area contributed by atoms with Crippen LogP contribution in [0.5, 0.6) is 0 Å². The second kappa shape index (κ2) is 12.2. The first-order chi connectivity index (χ1) is 19.9. The summed E-state index contributed by atoms with van der Waals surface area (Å²) in [6.45, 7) is -0.446. The molecule has 1 amide bonds. The van der Waals surface area contributed by atoms with Gasteiger partial charge in [-0.05, 0) is 84.3 Å². The van der Waals surface area contributed by atoms with E-state index in [-0.39, 0.29) is 22.9 Å². The number of fused-ring (bicyclic) bond motifs is 1. The van der Waals surface area contributed by atoms with Gasteiger partial charge in [-0.25, -0.2) is 16.8 Å². The molecule has 218 valence electrons. The molecule has 0 radical (unpaired) electrons. The van der Waals surface area contributed by atoms with Gasteiger partial charge in [-0.15, -0.1) is 0 Å². The predicted molar refractivity (Wildman–Crippen MR) is 165 cm³/mol. The molecule has 1 N–H and O–H groups in total. The Morgan fingerprint density at radius 3 is 2.07 bits per heavy atom. The van der Waals surface area contributed by atoms with Crippen molar-refractivity contribution in [1.82, 2.24) is 4.31 Å². The van der Waals surface area contributed by atoms with Crippen molar-refractivity contribution in [3.8, 4) is 0 Å². The Morgan fingerprint density at radius 2 is 1.43 bits per heavy atom. The molecule has 0 saturated heterocycles. The van der Waals surface area contributed by atoms with Crippen LogP contribution in [-0.2, 0) is 37.8 Å². The van der Waals surface area contributed by atoms with Gasteiger partial charge in [-0.2, -0.15) is 4.31 Å². The highest BCUT2D eigenvalue weighted by molar-refractivity contribution is 7.92. The van der Waals surface area contributed by atoms with Gasteiger partial charge in [0.05, 0.1) is 22.0 Å². The van der Waals surface area contributed by atoms with Gasteiger partial charge in [-0.3, -0.25) is 9.10 Å². The zero-order chi connectivity index (χ0) is 30.1. The van der Waals surface area contributed by atoms with Crippen LogP contribution in [0.2, 0.25) is 15.1 Å². The quantitative estimate of drug-likeness (QED) is 0.229. The molecule has 8 nitrogen and oxygen atoms in total. The topological polar surface area (TPSA) is 104 Å². The Bertz CT molecular complexity index is 1850. The summed E-state index contributed by atoms with van der Waals surface area (Å²) in [6, 6.07) is 23.3. The summed E-state index contributed by atoms with van der Waals surface area (Å²) in [5.41, 5.74) is 2.07. The molecule has 13 heteroatoms. The third kappa shape index (κ3) is 6.44. The fourth-order valence-corrected chi connectivity index (χ4v) is 7.89. The van der Waals surface area contributed by atoms with Crippen molar-refractivity contribution < 1.29 is 21.6 Å². The molecular formula is C29H24Cl3N3O5S2. The van der Waals surface area contributed by atoms with E-state index in [1.165, 1.54) is 52.8 Å². The van der Waals surface area contributed by atoms with Crippen molar-refractivity contribution in [2.75, 3.05) is 22.7 Å². The molecular weight excluding hydrogens is 641 g/mol. The number of nitrogens with zero attached hydrogens (tertiary/aromatic N) is 2. The van der Waals surface area contributed by atoms with E-state index in [2.05, 4.69) is 5.32 Å². The Morgan fingerprint density at radius 1 is 0.810 bits per heavy atom. The van der Waals surface area contributed by atoms with Crippen LogP contribution in [-0.4, -0.2) is 40.1 Å². The molecule has 0 spiro atoms. The molecule has 1 heterocycles. The monoisotopic (exact) mass is 663 g/mol. The zero-order valence-corrected chi connectivity index (χ0v) is 25.8. The van der Waals surface area contributed by atoms with Crippen LogP contribution in [0.4, 0.5) is 11.4 Å². The molecule has 0 bridgehead atoms. The first-order valence-corrected chi connectivity index (χ1v) is 16.7. The normalized spacial score (nSPS) is 13.3. The van der Waals surface area contributed by atoms with E-state index in [1.54, 1.807) is 42.5 Å². The number of halogens is 3.